The van der Waals surface area contributed by atoms with Gasteiger partial charge >= 0.3 is 0 Å². The standard InChI is InChI=1S/C19H21FN2O2/c1-13-9-15(5-7-21-13)19(24)22-8-6-18(23)16(12-22)10-14-3-2-4-17(20)11-14/h2-5,7,9,11,16,18,23H,6,8,10,12H2,1H3/t16-,18-/m1/s1. The number of hydrogen-bond donors (Lipinski definition) is 1. The lowest BCUT2D eigenvalue weighted by molar-refractivity contribution is 0.0241. The summed E-state index contributed by atoms with van der Waals surface area (Å²) in [6, 6.07) is 9.89. The number of aliphatic hydroxyl groups is 1. The van der Waals surface area contributed by atoms with Crippen molar-refractivity contribution in [1.29, 1.82) is 0 Å². The molecule has 4 nitrogen and oxygen atoms in total. The molecule has 1 aromatic heterocycles. The minimum absolute atomic E-state index is 0.0448. The first-order valence-corrected chi connectivity index (χ1v) is 8.17. The Balaban J connectivity index is 1.72. The number of carbonyl (C=O) groups is 1. The molecule has 24 heavy (non-hydrogen) atoms. The van der Waals surface area contributed by atoms with Crippen molar-refractivity contribution in [3.63, 3.8) is 0 Å². The van der Waals surface area contributed by atoms with Crippen LogP contribution in [0.1, 0.15) is 28.0 Å². The van der Waals surface area contributed by atoms with Crippen LogP contribution in [0.4, 0.5) is 4.39 Å². The van der Waals surface area contributed by atoms with E-state index in [9.17, 15) is 14.3 Å². The summed E-state index contributed by atoms with van der Waals surface area (Å²) in [6.45, 7) is 2.85. The molecular formula is C19H21FN2O2. The molecule has 0 spiro atoms. The summed E-state index contributed by atoms with van der Waals surface area (Å²) >= 11 is 0. The van der Waals surface area contributed by atoms with Gasteiger partial charge in [-0.2, -0.15) is 0 Å². The molecule has 3 rings (SSSR count). The highest BCUT2D eigenvalue weighted by Gasteiger charge is 2.30. The molecule has 0 unspecified atom stereocenters. The number of carbonyl (C=O) groups excluding carboxylic acids is 1. The molecule has 1 aliphatic rings. The van der Waals surface area contributed by atoms with Crippen LogP contribution < -0.4 is 0 Å². The molecule has 0 bridgehead atoms. The van der Waals surface area contributed by atoms with Crippen LogP contribution in [0.2, 0.25) is 0 Å². The number of piperidine rings is 1. The lowest BCUT2D eigenvalue weighted by Crippen LogP contribution is -2.46. The number of amides is 1. The molecule has 2 heterocycles. The second-order valence-electron chi connectivity index (χ2n) is 6.39. The van der Waals surface area contributed by atoms with Gasteiger partial charge in [0.05, 0.1) is 6.10 Å². The van der Waals surface area contributed by atoms with Crippen molar-refractivity contribution in [2.45, 2.75) is 25.9 Å². The molecule has 1 fully saturated rings. The van der Waals surface area contributed by atoms with E-state index in [-0.39, 0.29) is 17.6 Å². The summed E-state index contributed by atoms with van der Waals surface area (Å²) < 4.78 is 13.3. The van der Waals surface area contributed by atoms with E-state index in [1.54, 1.807) is 29.3 Å². The van der Waals surface area contributed by atoms with Crippen LogP contribution in [0.15, 0.2) is 42.6 Å². The van der Waals surface area contributed by atoms with Crippen molar-refractivity contribution in [1.82, 2.24) is 9.88 Å². The van der Waals surface area contributed by atoms with Crippen LogP contribution in [0.5, 0.6) is 0 Å². The van der Waals surface area contributed by atoms with E-state index in [2.05, 4.69) is 4.98 Å². The topological polar surface area (TPSA) is 53.4 Å². The summed E-state index contributed by atoms with van der Waals surface area (Å²) in [6.07, 6.45) is 2.25. The third-order valence-corrected chi connectivity index (χ3v) is 4.51. The zero-order chi connectivity index (χ0) is 17.1. The fraction of sp³-hybridized carbons (Fsp3) is 0.368. The van der Waals surface area contributed by atoms with Crippen molar-refractivity contribution in [2.75, 3.05) is 13.1 Å². The zero-order valence-electron chi connectivity index (χ0n) is 13.7. The largest absolute Gasteiger partial charge is 0.393 e. The van der Waals surface area contributed by atoms with Crippen LogP contribution in [0.25, 0.3) is 0 Å². The highest BCUT2D eigenvalue weighted by atomic mass is 19.1. The molecule has 1 amide bonds. The number of hydrogen-bond acceptors (Lipinski definition) is 3. The SMILES string of the molecule is Cc1cc(C(=O)N2CC[C@@H](O)[C@H](Cc3cccc(F)c3)C2)ccn1. The van der Waals surface area contributed by atoms with Crippen molar-refractivity contribution in [3.05, 3.63) is 65.2 Å². The van der Waals surface area contributed by atoms with Crippen molar-refractivity contribution >= 4 is 5.91 Å². The third kappa shape index (κ3) is 3.79. The molecule has 1 aromatic carbocycles. The van der Waals surface area contributed by atoms with E-state index >= 15 is 0 Å². The fourth-order valence-electron chi connectivity index (χ4n) is 3.23. The third-order valence-electron chi connectivity index (χ3n) is 4.51. The smallest absolute Gasteiger partial charge is 0.253 e. The first-order chi connectivity index (χ1) is 11.5. The Morgan fingerprint density at radius 2 is 2.21 bits per heavy atom. The second-order valence-corrected chi connectivity index (χ2v) is 6.39. The Labute approximate surface area is 141 Å². The Bertz CT molecular complexity index is 735. The van der Waals surface area contributed by atoms with E-state index in [0.717, 1.165) is 11.3 Å². The minimum Gasteiger partial charge on any atom is -0.393 e. The van der Waals surface area contributed by atoms with Gasteiger partial charge in [-0.15, -0.1) is 0 Å². The van der Waals surface area contributed by atoms with E-state index in [1.165, 1.54) is 12.1 Å². The molecule has 1 N–H and O–H groups in total. The monoisotopic (exact) mass is 328 g/mol. The highest BCUT2D eigenvalue weighted by molar-refractivity contribution is 5.94. The van der Waals surface area contributed by atoms with Crippen LogP contribution in [-0.4, -0.2) is 40.1 Å². The highest BCUT2D eigenvalue weighted by Crippen LogP contribution is 2.23. The maximum atomic E-state index is 13.3. The van der Waals surface area contributed by atoms with E-state index < -0.39 is 6.10 Å². The molecular weight excluding hydrogens is 307 g/mol. The average molecular weight is 328 g/mol. The molecule has 1 aliphatic heterocycles. The molecule has 2 atom stereocenters. The van der Waals surface area contributed by atoms with Crippen LogP contribution in [0, 0.1) is 18.7 Å². The predicted molar refractivity (Wildman–Crippen MR) is 89.1 cm³/mol. The summed E-state index contributed by atoms with van der Waals surface area (Å²) in [5.74, 6) is -0.415. The maximum absolute atomic E-state index is 13.3. The average Bonchev–Trinajstić information content (AvgIpc) is 2.56. The Morgan fingerprint density at radius 1 is 1.38 bits per heavy atom. The number of pyridine rings is 1. The van der Waals surface area contributed by atoms with E-state index in [4.69, 9.17) is 0 Å². The summed E-state index contributed by atoms with van der Waals surface area (Å²) in [5.41, 5.74) is 2.26. The molecule has 1 saturated heterocycles. The summed E-state index contributed by atoms with van der Waals surface area (Å²) in [4.78, 5) is 18.5. The van der Waals surface area contributed by atoms with Gasteiger partial charge in [0.25, 0.3) is 5.91 Å². The van der Waals surface area contributed by atoms with Crippen LogP contribution in [0.3, 0.4) is 0 Å². The molecule has 5 heteroatoms. The van der Waals surface area contributed by atoms with Gasteiger partial charge in [0.2, 0.25) is 0 Å². The van der Waals surface area contributed by atoms with Gasteiger partial charge in [-0.05, 0) is 49.6 Å². The van der Waals surface area contributed by atoms with Crippen LogP contribution >= 0.6 is 0 Å². The van der Waals surface area contributed by atoms with Gasteiger partial charge in [-0.1, -0.05) is 12.1 Å². The number of halogens is 1. The van der Waals surface area contributed by atoms with Gasteiger partial charge in [-0.25, -0.2) is 4.39 Å². The second kappa shape index (κ2) is 7.09. The van der Waals surface area contributed by atoms with Gasteiger partial charge in [-0.3, -0.25) is 9.78 Å². The Hall–Kier alpha value is -2.27. The first-order valence-electron chi connectivity index (χ1n) is 8.17. The molecule has 2 aromatic rings. The first kappa shape index (κ1) is 16.6. The lowest BCUT2D eigenvalue weighted by Gasteiger charge is -2.36. The lowest BCUT2D eigenvalue weighted by atomic mass is 9.88. The zero-order valence-corrected chi connectivity index (χ0v) is 13.7. The summed E-state index contributed by atoms with van der Waals surface area (Å²) in [5, 5.41) is 10.3. The normalized spacial score (nSPS) is 20.9. The number of aromatic nitrogens is 1. The summed E-state index contributed by atoms with van der Waals surface area (Å²) in [7, 11) is 0. The van der Waals surface area contributed by atoms with Gasteiger partial charge in [0.1, 0.15) is 5.82 Å². The number of aryl methyl sites for hydroxylation is 1. The maximum Gasteiger partial charge on any atom is 0.253 e. The number of aliphatic hydroxyl groups excluding tert-OH is 1. The quantitative estimate of drug-likeness (QED) is 0.942. The van der Waals surface area contributed by atoms with Gasteiger partial charge in [0, 0.05) is 36.5 Å². The number of nitrogens with zero attached hydrogens (tertiary/aromatic N) is 2. The minimum atomic E-state index is -0.475. The fourth-order valence-corrected chi connectivity index (χ4v) is 3.23. The molecule has 126 valence electrons. The molecule has 0 saturated carbocycles. The van der Waals surface area contributed by atoms with E-state index in [1.807, 2.05) is 13.0 Å². The Morgan fingerprint density at radius 3 is 2.96 bits per heavy atom. The van der Waals surface area contributed by atoms with Crippen molar-refractivity contribution < 1.29 is 14.3 Å². The number of benzene rings is 1. The van der Waals surface area contributed by atoms with Gasteiger partial charge in [0.15, 0.2) is 0 Å². The van der Waals surface area contributed by atoms with E-state index in [0.29, 0.717) is 31.5 Å². The van der Waals surface area contributed by atoms with Crippen LogP contribution in [-0.2, 0) is 6.42 Å². The molecule has 0 aliphatic carbocycles. The number of rotatable bonds is 3. The van der Waals surface area contributed by atoms with Crippen molar-refractivity contribution in [3.8, 4) is 0 Å². The molecule has 0 radical (unpaired) electrons. The van der Waals surface area contributed by atoms with Gasteiger partial charge < -0.3 is 10.0 Å². The number of likely N-dealkylation sites (tertiary alicyclic amines) is 1. The van der Waals surface area contributed by atoms with Crippen molar-refractivity contribution in [2.24, 2.45) is 5.92 Å². The predicted octanol–water partition coefficient (Wildman–Crippen LogP) is 2.59. The Kier molecular flexibility index (Phi) is 4.90.